The minimum atomic E-state index is -0.440. The number of aldehydes is 1. The molecule has 0 atom stereocenters. The molecule has 0 bridgehead atoms. The zero-order chi connectivity index (χ0) is 13.6. The fourth-order valence-corrected chi connectivity index (χ4v) is 2.41. The summed E-state index contributed by atoms with van der Waals surface area (Å²) in [5.74, 6) is 0.614. The molecular formula is C14H9BrO4. The quantitative estimate of drug-likeness (QED) is 0.599. The van der Waals surface area contributed by atoms with Crippen molar-refractivity contribution in [3.63, 3.8) is 0 Å². The highest BCUT2D eigenvalue weighted by Gasteiger charge is 2.18. The van der Waals surface area contributed by atoms with E-state index in [1.165, 1.54) is 0 Å². The summed E-state index contributed by atoms with van der Waals surface area (Å²) in [6, 6.07) is 3.66. The van der Waals surface area contributed by atoms with E-state index in [2.05, 4.69) is 15.9 Å². The summed E-state index contributed by atoms with van der Waals surface area (Å²) < 4.78 is 11.2. The third-order valence-corrected chi connectivity index (χ3v) is 4.06. The molecule has 2 aromatic rings. The summed E-state index contributed by atoms with van der Waals surface area (Å²) in [7, 11) is 0. The predicted molar refractivity (Wildman–Crippen MR) is 74.5 cm³/mol. The molecule has 0 spiro atoms. The number of carbonyl (C=O) groups excluding carboxylic acids is 1. The van der Waals surface area contributed by atoms with Crippen LogP contribution in [0.2, 0.25) is 0 Å². The molecule has 0 radical (unpaired) electrons. The third-order valence-electron chi connectivity index (χ3n) is 3.14. The highest BCUT2D eigenvalue weighted by atomic mass is 79.9. The van der Waals surface area contributed by atoms with Crippen molar-refractivity contribution in [2.45, 2.75) is 6.92 Å². The summed E-state index contributed by atoms with van der Waals surface area (Å²) in [5, 5.41) is 0.817. The summed E-state index contributed by atoms with van der Waals surface area (Å²) in [4.78, 5) is 22.6. The van der Waals surface area contributed by atoms with Gasteiger partial charge in [-0.3, -0.25) is 4.79 Å². The van der Waals surface area contributed by atoms with E-state index in [1.54, 1.807) is 6.08 Å². The molecule has 0 fully saturated rings. The second-order valence-electron chi connectivity index (χ2n) is 4.31. The highest BCUT2D eigenvalue weighted by Crippen LogP contribution is 2.34. The van der Waals surface area contributed by atoms with Crippen LogP contribution >= 0.6 is 15.9 Å². The molecule has 0 saturated heterocycles. The summed E-state index contributed by atoms with van der Waals surface area (Å²) >= 11 is 3.21. The minimum Gasteiger partial charge on any atom is -0.488 e. The maximum Gasteiger partial charge on any atom is 0.350 e. The lowest BCUT2D eigenvalue weighted by Crippen LogP contribution is -2.10. The van der Waals surface area contributed by atoms with Crippen LogP contribution in [0, 0.1) is 6.92 Å². The lowest BCUT2D eigenvalue weighted by molar-refractivity contribution is -0.105. The standard InChI is InChI=1S/C14H9BrO4/c1-7-9-2-3-11-10(4-8(5-16)6-18-11)13(9)19-14(17)12(7)15/h2-5H,6H2,1H3. The minimum absolute atomic E-state index is 0.238. The zero-order valence-electron chi connectivity index (χ0n) is 10.0. The van der Waals surface area contributed by atoms with Crippen molar-refractivity contribution in [2.75, 3.05) is 6.61 Å². The van der Waals surface area contributed by atoms with Crippen molar-refractivity contribution >= 4 is 39.3 Å². The lowest BCUT2D eigenvalue weighted by Gasteiger charge is -2.16. The van der Waals surface area contributed by atoms with Gasteiger partial charge in [-0.25, -0.2) is 4.79 Å². The molecule has 1 aromatic heterocycles. The summed E-state index contributed by atoms with van der Waals surface area (Å²) in [6.45, 7) is 2.07. The Labute approximate surface area is 116 Å². The van der Waals surface area contributed by atoms with Gasteiger partial charge >= 0.3 is 5.63 Å². The largest absolute Gasteiger partial charge is 0.488 e. The zero-order valence-corrected chi connectivity index (χ0v) is 11.6. The summed E-state index contributed by atoms with van der Waals surface area (Å²) in [5.41, 5.74) is 1.97. The maximum atomic E-state index is 11.7. The molecule has 2 heterocycles. The predicted octanol–water partition coefficient (Wildman–Crippen LogP) is 2.84. The van der Waals surface area contributed by atoms with Crippen LogP contribution in [0.4, 0.5) is 0 Å². The number of rotatable bonds is 1. The first-order chi connectivity index (χ1) is 9.11. The van der Waals surface area contributed by atoms with Crippen LogP contribution in [0.15, 0.2) is 31.4 Å². The molecule has 4 nitrogen and oxygen atoms in total. The fourth-order valence-electron chi connectivity index (χ4n) is 2.11. The van der Waals surface area contributed by atoms with Crippen LogP contribution in [0.5, 0.6) is 5.75 Å². The van der Waals surface area contributed by atoms with Gasteiger partial charge in [0.1, 0.15) is 28.7 Å². The van der Waals surface area contributed by atoms with Gasteiger partial charge < -0.3 is 9.15 Å². The van der Waals surface area contributed by atoms with E-state index < -0.39 is 5.63 Å². The fraction of sp³-hybridized carbons (Fsp3) is 0.143. The van der Waals surface area contributed by atoms with E-state index in [0.717, 1.165) is 17.2 Å². The number of carbonyl (C=O) groups is 1. The van der Waals surface area contributed by atoms with Gasteiger partial charge in [0.25, 0.3) is 0 Å². The van der Waals surface area contributed by atoms with Gasteiger partial charge in [-0.05, 0) is 46.6 Å². The Morgan fingerprint density at radius 3 is 2.89 bits per heavy atom. The second-order valence-corrected chi connectivity index (χ2v) is 5.10. The van der Waals surface area contributed by atoms with Gasteiger partial charge in [0, 0.05) is 11.0 Å². The van der Waals surface area contributed by atoms with Gasteiger partial charge in [-0.1, -0.05) is 0 Å². The molecule has 96 valence electrons. The van der Waals surface area contributed by atoms with Crippen molar-refractivity contribution in [2.24, 2.45) is 0 Å². The van der Waals surface area contributed by atoms with Crippen molar-refractivity contribution in [3.8, 4) is 5.75 Å². The van der Waals surface area contributed by atoms with Crippen LogP contribution in [0.25, 0.3) is 17.0 Å². The smallest absolute Gasteiger partial charge is 0.350 e. The topological polar surface area (TPSA) is 56.5 Å². The van der Waals surface area contributed by atoms with E-state index in [4.69, 9.17) is 9.15 Å². The Morgan fingerprint density at radius 1 is 1.37 bits per heavy atom. The number of hydrogen-bond donors (Lipinski definition) is 0. The molecule has 3 rings (SSSR count). The Morgan fingerprint density at radius 2 is 2.16 bits per heavy atom. The molecule has 1 aromatic carbocycles. The molecule has 5 heteroatoms. The molecule has 1 aliphatic rings. The van der Waals surface area contributed by atoms with Crippen molar-refractivity contribution in [1.82, 2.24) is 0 Å². The van der Waals surface area contributed by atoms with Crippen molar-refractivity contribution in [1.29, 1.82) is 0 Å². The number of hydrogen-bond acceptors (Lipinski definition) is 4. The van der Waals surface area contributed by atoms with Crippen LogP contribution in [0.3, 0.4) is 0 Å². The average molecular weight is 321 g/mol. The average Bonchev–Trinajstić information content (AvgIpc) is 2.44. The van der Waals surface area contributed by atoms with E-state index in [9.17, 15) is 9.59 Å². The van der Waals surface area contributed by atoms with Gasteiger partial charge in [0.2, 0.25) is 0 Å². The number of aryl methyl sites for hydroxylation is 1. The lowest BCUT2D eigenvalue weighted by atomic mass is 10.0. The van der Waals surface area contributed by atoms with Gasteiger partial charge in [-0.2, -0.15) is 0 Å². The molecule has 0 amide bonds. The van der Waals surface area contributed by atoms with E-state index in [1.807, 2.05) is 19.1 Å². The van der Waals surface area contributed by atoms with Crippen LogP contribution < -0.4 is 10.4 Å². The Kier molecular flexibility index (Phi) is 2.78. The van der Waals surface area contributed by atoms with E-state index >= 15 is 0 Å². The normalized spacial score (nSPS) is 13.7. The summed E-state index contributed by atoms with van der Waals surface area (Å²) in [6.07, 6.45) is 2.44. The molecular weight excluding hydrogens is 312 g/mol. The molecule has 0 N–H and O–H groups in total. The molecule has 19 heavy (non-hydrogen) atoms. The molecule has 0 saturated carbocycles. The van der Waals surface area contributed by atoms with E-state index in [-0.39, 0.29) is 6.61 Å². The highest BCUT2D eigenvalue weighted by molar-refractivity contribution is 9.10. The monoisotopic (exact) mass is 320 g/mol. The molecule has 0 unspecified atom stereocenters. The third kappa shape index (κ3) is 1.81. The number of fused-ring (bicyclic) bond motifs is 3. The van der Waals surface area contributed by atoms with Crippen LogP contribution in [0.1, 0.15) is 11.1 Å². The van der Waals surface area contributed by atoms with Crippen LogP contribution in [-0.4, -0.2) is 12.9 Å². The maximum absolute atomic E-state index is 11.7. The first-order valence-electron chi connectivity index (χ1n) is 5.66. The number of halogens is 1. The van der Waals surface area contributed by atoms with E-state index in [0.29, 0.717) is 26.9 Å². The van der Waals surface area contributed by atoms with Gasteiger partial charge in [0.05, 0.1) is 5.56 Å². The Balaban J connectivity index is 2.44. The SMILES string of the molecule is Cc1c(Br)c(=O)oc2c3c(ccc12)OCC(C=O)=C3. The second kappa shape index (κ2) is 4.35. The first kappa shape index (κ1) is 12.2. The Hall–Kier alpha value is -1.88. The van der Waals surface area contributed by atoms with Crippen molar-refractivity contribution < 1.29 is 13.9 Å². The van der Waals surface area contributed by atoms with Crippen LogP contribution in [-0.2, 0) is 4.79 Å². The first-order valence-corrected chi connectivity index (χ1v) is 6.45. The molecule has 0 aliphatic carbocycles. The molecule has 1 aliphatic heterocycles. The number of benzene rings is 1. The van der Waals surface area contributed by atoms with Gasteiger partial charge in [-0.15, -0.1) is 0 Å². The van der Waals surface area contributed by atoms with Gasteiger partial charge in [0.15, 0.2) is 0 Å². The number of ether oxygens (including phenoxy) is 1. The van der Waals surface area contributed by atoms with Crippen molar-refractivity contribution in [3.05, 3.63) is 43.7 Å². The Bertz CT molecular complexity index is 786.